The largest absolute Gasteiger partial charge is 0.493 e. The molecule has 0 aliphatic carbocycles. The van der Waals surface area contributed by atoms with Crippen LogP contribution >= 0.6 is 11.3 Å². The average Bonchev–Trinajstić information content (AvgIpc) is 2.88. The molecule has 4 heteroatoms. The molecule has 0 aliphatic rings. The Kier molecular flexibility index (Phi) is 3.77. The highest BCUT2D eigenvalue weighted by Gasteiger charge is 2.10. The van der Waals surface area contributed by atoms with Crippen LogP contribution in [-0.2, 0) is 6.61 Å². The molecule has 1 heterocycles. The number of hydrogen-bond acceptors (Lipinski definition) is 4. The molecule has 0 radical (unpaired) electrons. The summed E-state index contributed by atoms with van der Waals surface area (Å²) in [6, 6.07) is 7.23. The van der Waals surface area contributed by atoms with Gasteiger partial charge in [0.25, 0.3) is 0 Å². The van der Waals surface area contributed by atoms with Gasteiger partial charge in [-0.2, -0.15) is 11.3 Å². The lowest BCUT2D eigenvalue weighted by Gasteiger charge is -2.11. The molecule has 1 aromatic carbocycles. The molecule has 0 N–H and O–H groups in total. The normalized spacial score (nSPS) is 9.94. The van der Waals surface area contributed by atoms with E-state index in [1.165, 1.54) is 0 Å². The second kappa shape index (κ2) is 5.50. The van der Waals surface area contributed by atoms with E-state index in [4.69, 9.17) is 9.47 Å². The third-order valence-corrected chi connectivity index (χ3v) is 3.05. The number of thiophene rings is 1. The van der Waals surface area contributed by atoms with Crippen LogP contribution < -0.4 is 9.47 Å². The predicted octanol–water partition coefficient (Wildman–Crippen LogP) is 3.15. The van der Waals surface area contributed by atoms with E-state index < -0.39 is 0 Å². The second-order valence-corrected chi connectivity index (χ2v) is 4.20. The molecular formula is C13H12O3S. The maximum atomic E-state index is 10.9. The third kappa shape index (κ3) is 2.65. The number of ether oxygens (including phenoxy) is 2. The minimum absolute atomic E-state index is 0.435. The Hall–Kier alpha value is -1.81. The Morgan fingerprint density at radius 3 is 2.88 bits per heavy atom. The van der Waals surface area contributed by atoms with Gasteiger partial charge in [0.2, 0.25) is 0 Å². The van der Waals surface area contributed by atoms with Crippen LogP contribution in [0.2, 0.25) is 0 Å². The van der Waals surface area contributed by atoms with Gasteiger partial charge in [0, 0.05) is 0 Å². The van der Waals surface area contributed by atoms with Crippen molar-refractivity contribution in [1.82, 2.24) is 0 Å². The van der Waals surface area contributed by atoms with Crippen LogP contribution in [0.25, 0.3) is 0 Å². The van der Waals surface area contributed by atoms with Gasteiger partial charge in [0.15, 0.2) is 17.8 Å². The Morgan fingerprint density at radius 1 is 1.35 bits per heavy atom. The number of aldehydes is 1. The fourth-order valence-corrected chi connectivity index (χ4v) is 2.12. The lowest BCUT2D eigenvalue weighted by atomic mass is 10.2. The van der Waals surface area contributed by atoms with Crippen molar-refractivity contribution < 1.29 is 14.3 Å². The van der Waals surface area contributed by atoms with E-state index in [2.05, 4.69) is 0 Å². The standard InChI is InChI=1S/C13H12O3S/c1-15-12-4-2-3-11(7-14)13(12)16-8-10-5-6-17-9-10/h2-7,9H,8H2,1H3. The number of para-hydroxylation sites is 1. The van der Waals surface area contributed by atoms with E-state index >= 15 is 0 Å². The molecule has 0 fully saturated rings. The predicted molar refractivity (Wildman–Crippen MR) is 67.0 cm³/mol. The zero-order chi connectivity index (χ0) is 12.1. The Balaban J connectivity index is 2.21. The van der Waals surface area contributed by atoms with E-state index in [-0.39, 0.29) is 0 Å². The van der Waals surface area contributed by atoms with Gasteiger partial charge in [-0.1, -0.05) is 6.07 Å². The molecule has 17 heavy (non-hydrogen) atoms. The molecule has 0 saturated heterocycles. The number of hydrogen-bond donors (Lipinski definition) is 0. The number of benzene rings is 1. The van der Waals surface area contributed by atoms with Crippen LogP contribution in [0.4, 0.5) is 0 Å². The average molecular weight is 248 g/mol. The molecule has 2 aromatic rings. The van der Waals surface area contributed by atoms with Crippen LogP contribution in [0, 0.1) is 0 Å². The quantitative estimate of drug-likeness (QED) is 0.762. The van der Waals surface area contributed by atoms with Crippen molar-refractivity contribution in [3.05, 3.63) is 46.2 Å². The van der Waals surface area contributed by atoms with Gasteiger partial charge < -0.3 is 9.47 Å². The summed E-state index contributed by atoms with van der Waals surface area (Å²) in [6.45, 7) is 0.435. The van der Waals surface area contributed by atoms with Gasteiger partial charge >= 0.3 is 0 Å². The molecular weight excluding hydrogens is 236 g/mol. The van der Waals surface area contributed by atoms with E-state index in [9.17, 15) is 4.79 Å². The summed E-state index contributed by atoms with van der Waals surface area (Å²) >= 11 is 1.61. The summed E-state index contributed by atoms with van der Waals surface area (Å²) in [5, 5.41) is 4.00. The number of carbonyl (C=O) groups excluding carboxylic acids is 1. The summed E-state index contributed by atoms with van der Waals surface area (Å²) in [4.78, 5) is 10.9. The smallest absolute Gasteiger partial charge is 0.172 e. The number of carbonyl (C=O) groups is 1. The van der Waals surface area contributed by atoms with Crippen LogP contribution in [0.15, 0.2) is 35.0 Å². The molecule has 0 saturated carbocycles. The van der Waals surface area contributed by atoms with Crippen LogP contribution in [0.1, 0.15) is 15.9 Å². The van der Waals surface area contributed by atoms with Crippen molar-refractivity contribution in [3.8, 4) is 11.5 Å². The molecule has 0 aliphatic heterocycles. The van der Waals surface area contributed by atoms with Crippen molar-refractivity contribution in [1.29, 1.82) is 0 Å². The van der Waals surface area contributed by atoms with Gasteiger partial charge in [-0.3, -0.25) is 4.79 Å². The summed E-state index contributed by atoms with van der Waals surface area (Å²) < 4.78 is 10.8. The SMILES string of the molecule is COc1cccc(C=O)c1OCc1ccsc1. The van der Waals surface area contributed by atoms with Crippen molar-refractivity contribution in [2.45, 2.75) is 6.61 Å². The molecule has 3 nitrogen and oxygen atoms in total. The molecule has 2 rings (SSSR count). The fraction of sp³-hybridized carbons (Fsp3) is 0.154. The maximum Gasteiger partial charge on any atom is 0.172 e. The zero-order valence-corrected chi connectivity index (χ0v) is 10.2. The highest BCUT2D eigenvalue weighted by Crippen LogP contribution is 2.30. The van der Waals surface area contributed by atoms with Crippen molar-refractivity contribution in [2.75, 3.05) is 7.11 Å². The summed E-state index contributed by atoms with van der Waals surface area (Å²) in [5.41, 5.74) is 1.58. The third-order valence-electron chi connectivity index (χ3n) is 2.32. The molecule has 0 amide bonds. The second-order valence-electron chi connectivity index (χ2n) is 3.42. The first-order chi connectivity index (χ1) is 8.35. The lowest BCUT2D eigenvalue weighted by molar-refractivity contribution is 0.111. The molecule has 88 valence electrons. The van der Waals surface area contributed by atoms with Crippen molar-refractivity contribution >= 4 is 17.6 Å². The molecule has 0 unspecified atom stereocenters. The Morgan fingerprint density at radius 2 is 2.24 bits per heavy atom. The first-order valence-electron chi connectivity index (χ1n) is 5.11. The van der Waals surface area contributed by atoms with E-state index in [0.29, 0.717) is 23.7 Å². The van der Waals surface area contributed by atoms with Gasteiger partial charge in [0.1, 0.15) is 6.61 Å². The first kappa shape index (κ1) is 11.7. The minimum Gasteiger partial charge on any atom is -0.493 e. The Bertz CT molecular complexity index is 491. The minimum atomic E-state index is 0.435. The van der Waals surface area contributed by atoms with E-state index in [1.807, 2.05) is 16.8 Å². The number of rotatable bonds is 5. The summed E-state index contributed by atoms with van der Waals surface area (Å²) in [7, 11) is 1.56. The molecule has 1 aromatic heterocycles. The van der Waals surface area contributed by atoms with Crippen LogP contribution in [-0.4, -0.2) is 13.4 Å². The molecule has 0 bridgehead atoms. The number of methoxy groups -OCH3 is 1. The topological polar surface area (TPSA) is 35.5 Å². The monoisotopic (exact) mass is 248 g/mol. The van der Waals surface area contributed by atoms with E-state index in [1.54, 1.807) is 36.6 Å². The molecule has 0 atom stereocenters. The zero-order valence-electron chi connectivity index (χ0n) is 9.38. The molecule has 0 spiro atoms. The highest BCUT2D eigenvalue weighted by molar-refractivity contribution is 7.07. The highest BCUT2D eigenvalue weighted by atomic mass is 32.1. The van der Waals surface area contributed by atoms with Crippen molar-refractivity contribution in [3.63, 3.8) is 0 Å². The van der Waals surface area contributed by atoms with Crippen LogP contribution in [0.5, 0.6) is 11.5 Å². The van der Waals surface area contributed by atoms with Crippen LogP contribution in [0.3, 0.4) is 0 Å². The van der Waals surface area contributed by atoms with E-state index in [0.717, 1.165) is 11.8 Å². The first-order valence-corrected chi connectivity index (χ1v) is 6.05. The Labute approximate surface area is 104 Å². The lowest BCUT2D eigenvalue weighted by Crippen LogP contribution is -1.99. The van der Waals surface area contributed by atoms with Gasteiger partial charge in [-0.05, 0) is 34.5 Å². The summed E-state index contributed by atoms with van der Waals surface area (Å²) in [5.74, 6) is 1.07. The van der Waals surface area contributed by atoms with Gasteiger partial charge in [-0.25, -0.2) is 0 Å². The summed E-state index contributed by atoms with van der Waals surface area (Å²) in [6.07, 6.45) is 0.769. The van der Waals surface area contributed by atoms with Gasteiger partial charge in [-0.15, -0.1) is 0 Å². The van der Waals surface area contributed by atoms with Gasteiger partial charge in [0.05, 0.1) is 12.7 Å². The maximum absolute atomic E-state index is 10.9. The fourth-order valence-electron chi connectivity index (χ4n) is 1.47. The van der Waals surface area contributed by atoms with Crippen molar-refractivity contribution in [2.24, 2.45) is 0 Å².